The number of hydrogen-bond acceptors (Lipinski definition) is 2. The van der Waals surface area contributed by atoms with E-state index in [0.29, 0.717) is 5.56 Å². The highest BCUT2D eigenvalue weighted by molar-refractivity contribution is 5.31. The van der Waals surface area contributed by atoms with Crippen molar-refractivity contribution in [1.29, 1.82) is 0 Å². The van der Waals surface area contributed by atoms with Gasteiger partial charge in [0.05, 0.1) is 13.2 Å². The van der Waals surface area contributed by atoms with Crippen LogP contribution in [0.2, 0.25) is 0 Å². The van der Waals surface area contributed by atoms with Crippen LogP contribution in [-0.4, -0.2) is 12.2 Å². The number of halogens is 1. The van der Waals surface area contributed by atoms with Crippen molar-refractivity contribution in [2.45, 2.75) is 26.9 Å². The van der Waals surface area contributed by atoms with Gasteiger partial charge in [0.15, 0.2) is 11.6 Å². The molecule has 1 N–H and O–H groups in total. The SMILES string of the molecule is COc1ccc(C(O)C(C)(C)C)cc1F. The van der Waals surface area contributed by atoms with Crippen molar-refractivity contribution in [2.75, 3.05) is 7.11 Å². The van der Waals surface area contributed by atoms with Crippen LogP contribution in [0.3, 0.4) is 0 Å². The molecule has 3 heteroatoms. The molecule has 0 aliphatic rings. The number of aliphatic hydroxyl groups is 1. The van der Waals surface area contributed by atoms with Crippen LogP contribution in [0, 0.1) is 11.2 Å². The van der Waals surface area contributed by atoms with E-state index in [2.05, 4.69) is 0 Å². The van der Waals surface area contributed by atoms with Crippen LogP contribution in [-0.2, 0) is 0 Å². The zero-order chi connectivity index (χ0) is 11.6. The van der Waals surface area contributed by atoms with E-state index in [9.17, 15) is 9.50 Å². The second-order valence-corrected chi connectivity index (χ2v) is 4.66. The molecule has 1 aromatic rings. The molecule has 0 saturated heterocycles. The third-order valence-electron chi connectivity index (χ3n) is 2.31. The van der Waals surface area contributed by atoms with Gasteiger partial charge in [-0.3, -0.25) is 0 Å². The lowest BCUT2D eigenvalue weighted by molar-refractivity contribution is 0.0623. The Balaban J connectivity index is 3.02. The maximum absolute atomic E-state index is 13.4. The van der Waals surface area contributed by atoms with Crippen LogP contribution in [0.4, 0.5) is 4.39 Å². The van der Waals surface area contributed by atoms with E-state index >= 15 is 0 Å². The molecule has 15 heavy (non-hydrogen) atoms. The van der Waals surface area contributed by atoms with Gasteiger partial charge in [-0.25, -0.2) is 4.39 Å². The molecule has 1 aromatic carbocycles. The van der Waals surface area contributed by atoms with Crippen LogP contribution in [0.5, 0.6) is 5.75 Å². The van der Waals surface area contributed by atoms with Gasteiger partial charge >= 0.3 is 0 Å². The first kappa shape index (κ1) is 12.0. The van der Waals surface area contributed by atoms with E-state index in [-0.39, 0.29) is 11.2 Å². The predicted octanol–water partition coefficient (Wildman–Crippen LogP) is 2.91. The van der Waals surface area contributed by atoms with Crippen LogP contribution in [0.25, 0.3) is 0 Å². The molecule has 2 nitrogen and oxygen atoms in total. The van der Waals surface area contributed by atoms with E-state index in [1.54, 1.807) is 6.07 Å². The van der Waals surface area contributed by atoms with Crippen LogP contribution >= 0.6 is 0 Å². The van der Waals surface area contributed by atoms with Crippen molar-refractivity contribution in [3.05, 3.63) is 29.6 Å². The minimum atomic E-state index is -0.682. The topological polar surface area (TPSA) is 29.5 Å². The number of rotatable bonds is 2. The second-order valence-electron chi connectivity index (χ2n) is 4.66. The monoisotopic (exact) mass is 212 g/mol. The highest BCUT2D eigenvalue weighted by Crippen LogP contribution is 2.33. The molecule has 1 rings (SSSR count). The quantitative estimate of drug-likeness (QED) is 0.816. The van der Waals surface area contributed by atoms with E-state index < -0.39 is 11.9 Å². The first-order valence-electron chi connectivity index (χ1n) is 4.87. The zero-order valence-corrected chi connectivity index (χ0v) is 9.54. The van der Waals surface area contributed by atoms with Gasteiger partial charge in [0.2, 0.25) is 0 Å². The number of aliphatic hydroxyl groups excluding tert-OH is 1. The molecule has 84 valence electrons. The molecule has 0 aliphatic heterocycles. The molecule has 0 aromatic heterocycles. The fraction of sp³-hybridized carbons (Fsp3) is 0.500. The van der Waals surface area contributed by atoms with Gasteiger partial charge in [-0.1, -0.05) is 26.8 Å². The zero-order valence-electron chi connectivity index (χ0n) is 9.54. The predicted molar refractivity (Wildman–Crippen MR) is 57.4 cm³/mol. The van der Waals surface area contributed by atoms with Gasteiger partial charge in [-0.05, 0) is 23.1 Å². The Bertz CT molecular complexity index is 342. The van der Waals surface area contributed by atoms with Crippen molar-refractivity contribution in [1.82, 2.24) is 0 Å². The van der Waals surface area contributed by atoms with Crippen molar-refractivity contribution < 1.29 is 14.2 Å². The summed E-state index contributed by atoms with van der Waals surface area (Å²) in [5.74, 6) is -0.252. The highest BCUT2D eigenvalue weighted by atomic mass is 19.1. The molecule has 0 amide bonds. The molecule has 0 heterocycles. The molecule has 0 fully saturated rings. The lowest BCUT2D eigenvalue weighted by atomic mass is 9.85. The van der Waals surface area contributed by atoms with Crippen LogP contribution in [0.1, 0.15) is 32.4 Å². The average molecular weight is 212 g/mol. The summed E-state index contributed by atoms with van der Waals surface area (Å²) < 4.78 is 18.2. The summed E-state index contributed by atoms with van der Waals surface area (Å²) in [4.78, 5) is 0. The first-order chi connectivity index (χ1) is 6.86. The summed E-state index contributed by atoms with van der Waals surface area (Å²) in [6, 6.07) is 4.52. The summed E-state index contributed by atoms with van der Waals surface area (Å²) in [5, 5.41) is 9.94. The molecule has 0 radical (unpaired) electrons. The molecular weight excluding hydrogens is 195 g/mol. The van der Waals surface area contributed by atoms with Crippen LogP contribution in [0.15, 0.2) is 18.2 Å². The van der Waals surface area contributed by atoms with Gasteiger partial charge in [-0.15, -0.1) is 0 Å². The van der Waals surface area contributed by atoms with Crippen molar-refractivity contribution >= 4 is 0 Å². The van der Waals surface area contributed by atoms with Gasteiger partial charge in [0, 0.05) is 0 Å². The average Bonchev–Trinajstić information content (AvgIpc) is 2.15. The van der Waals surface area contributed by atoms with Crippen molar-refractivity contribution in [3.63, 3.8) is 0 Å². The highest BCUT2D eigenvalue weighted by Gasteiger charge is 2.24. The Morgan fingerprint density at radius 2 is 1.93 bits per heavy atom. The summed E-state index contributed by atoms with van der Waals surface area (Å²) in [6.45, 7) is 5.71. The van der Waals surface area contributed by atoms with Gasteiger partial charge in [-0.2, -0.15) is 0 Å². The fourth-order valence-corrected chi connectivity index (χ4v) is 1.35. The third kappa shape index (κ3) is 2.69. The van der Waals surface area contributed by atoms with Crippen molar-refractivity contribution in [3.8, 4) is 5.75 Å². The van der Waals surface area contributed by atoms with Gasteiger partial charge < -0.3 is 9.84 Å². The van der Waals surface area contributed by atoms with E-state index in [4.69, 9.17) is 4.74 Å². The first-order valence-corrected chi connectivity index (χ1v) is 4.87. The van der Waals surface area contributed by atoms with E-state index in [0.717, 1.165) is 0 Å². The van der Waals surface area contributed by atoms with Gasteiger partial charge in [0.1, 0.15) is 0 Å². The Labute approximate surface area is 89.7 Å². The third-order valence-corrected chi connectivity index (χ3v) is 2.31. The Morgan fingerprint density at radius 1 is 1.33 bits per heavy atom. The fourth-order valence-electron chi connectivity index (χ4n) is 1.35. The number of benzene rings is 1. The number of ether oxygens (including phenoxy) is 1. The van der Waals surface area contributed by atoms with Crippen molar-refractivity contribution in [2.24, 2.45) is 5.41 Å². The van der Waals surface area contributed by atoms with E-state index in [1.165, 1.54) is 19.2 Å². The standard InChI is InChI=1S/C12H17FO2/c1-12(2,3)11(14)8-5-6-10(15-4)9(13)7-8/h5-7,11,14H,1-4H3. The summed E-state index contributed by atoms with van der Waals surface area (Å²) >= 11 is 0. The molecule has 0 bridgehead atoms. The summed E-state index contributed by atoms with van der Waals surface area (Å²) in [5.41, 5.74) is 0.266. The lowest BCUT2D eigenvalue weighted by Crippen LogP contribution is -2.17. The number of methoxy groups -OCH3 is 1. The lowest BCUT2D eigenvalue weighted by Gasteiger charge is -2.26. The minimum Gasteiger partial charge on any atom is -0.494 e. The van der Waals surface area contributed by atoms with Gasteiger partial charge in [0.25, 0.3) is 0 Å². The molecule has 1 unspecified atom stereocenters. The maximum atomic E-state index is 13.4. The number of hydrogen-bond donors (Lipinski definition) is 1. The van der Waals surface area contributed by atoms with E-state index in [1.807, 2.05) is 20.8 Å². The molecule has 0 saturated carbocycles. The van der Waals surface area contributed by atoms with Crippen LogP contribution < -0.4 is 4.74 Å². The normalized spacial score (nSPS) is 13.7. The molecule has 1 atom stereocenters. The maximum Gasteiger partial charge on any atom is 0.165 e. The minimum absolute atomic E-state index is 0.194. The summed E-state index contributed by atoms with van der Waals surface area (Å²) in [6.07, 6.45) is -0.682. The Hall–Kier alpha value is -1.09. The Kier molecular flexibility index (Phi) is 3.35. The second kappa shape index (κ2) is 4.19. The molecular formula is C12H17FO2. The molecule has 0 spiro atoms. The molecule has 0 aliphatic carbocycles. The largest absolute Gasteiger partial charge is 0.494 e. The summed E-state index contributed by atoms with van der Waals surface area (Å²) in [7, 11) is 1.41. The Morgan fingerprint density at radius 3 is 2.33 bits per heavy atom. The smallest absolute Gasteiger partial charge is 0.165 e.